The molecule has 0 N–H and O–H groups in total. The van der Waals surface area contributed by atoms with Gasteiger partial charge in [0.05, 0.1) is 19.5 Å². The number of hydrogen-bond acceptors (Lipinski definition) is 4. The first-order chi connectivity index (χ1) is 8.36. The summed E-state index contributed by atoms with van der Waals surface area (Å²) in [5.41, 5.74) is 2.72. The van der Waals surface area contributed by atoms with E-state index in [0.717, 1.165) is 18.9 Å². The van der Waals surface area contributed by atoms with Crippen molar-refractivity contribution in [1.82, 2.24) is 9.97 Å². The molecule has 0 amide bonds. The van der Waals surface area contributed by atoms with Gasteiger partial charge in [-0.05, 0) is 11.1 Å². The maximum absolute atomic E-state index is 5.09. The summed E-state index contributed by atoms with van der Waals surface area (Å²) in [6, 6.07) is 8.45. The first-order valence-corrected chi connectivity index (χ1v) is 5.54. The smallest absolute Gasteiger partial charge is 0.233 e. The molecule has 17 heavy (non-hydrogen) atoms. The molecule has 2 heterocycles. The van der Waals surface area contributed by atoms with Gasteiger partial charge in [-0.15, -0.1) is 0 Å². The average molecular weight is 227 g/mol. The fraction of sp³-hybridized carbons (Fsp3) is 0.231. The highest BCUT2D eigenvalue weighted by molar-refractivity contribution is 5.46. The van der Waals surface area contributed by atoms with E-state index in [1.54, 1.807) is 19.5 Å². The molecular weight excluding hydrogens is 214 g/mol. The summed E-state index contributed by atoms with van der Waals surface area (Å²) < 4.78 is 5.09. The standard InChI is InChI=1S/C13H13N3O/c1-17-13-7-14-6-12(15-13)16-8-10-4-2-3-5-11(10)9-16/h2-7H,8-9H2,1H3. The molecule has 0 saturated carbocycles. The maximum atomic E-state index is 5.09. The van der Waals surface area contributed by atoms with Crippen LogP contribution in [0.3, 0.4) is 0 Å². The minimum Gasteiger partial charge on any atom is -0.480 e. The maximum Gasteiger partial charge on any atom is 0.233 e. The first kappa shape index (κ1) is 10.1. The quantitative estimate of drug-likeness (QED) is 0.786. The fourth-order valence-electron chi connectivity index (χ4n) is 2.08. The van der Waals surface area contributed by atoms with Gasteiger partial charge in [-0.2, -0.15) is 4.98 Å². The molecule has 3 rings (SSSR count). The highest BCUT2D eigenvalue weighted by Gasteiger charge is 2.19. The van der Waals surface area contributed by atoms with Gasteiger partial charge in [0, 0.05) is 13.1 Å². The third-order valence-corrected chi connectivity index (χ3v) is 2.97. The predicted molar refractivity (Wildman–Crippen MR) is 64.9 cm³/mol. The molecule has 0 bridgehead atoms. The number of methoxy groups -OCH3 is 1. The number of fused-ring (bicyclic) bond motifs is 1. The van der Waals surface area contributed by atoms with Crippen LogP contribution in [0.5, 0.6) is 5.88 Å². The zero-order valence-corrected chi connectivity index (χ0v) is 9.63. The van der Waals surface area contributed by atoms with Crippen molar-refractivity contribution in [3.8, 4) is 5.88 Å². The van der Waals surface area contributed by atoms with Crippen LogP contribution in [0, 0.1) is 0 Å². The van der Waals surface area contributed by atoms with E-state index in [1.807, 2.05) is 0 Å². The van der Waals surface area contributed by atoms with E-state index in [1.165, 1.54) is 11.1 Å². The Morgan fingerprint density at radius 1 is 1.12 bits per heavy atom. The van der Waals surface area contributed by atoms with E-state index in [-0.39, 0.29) is 0 Å². The van der Waals surface area contributed by atoms with Crippen molar-refractivity contribution in [1.29, 1.82) is 0 Å². The number of nitrogens with zero attached hydrogens (tertiary/aromatic N) is 3. The molecule has 2 aromatic rings. The van der Waals surface area contributed by atoms with Gasteiger partial charge in [0.25, 0.3) is 0 Å². The lowest BCUT2D eigenvalue weighted by atomic mass is 10.1. The number of anilines is 1. The van der Waals surface area contributed by atoms with E-state index in [4.69, 9.17) is 4.74 Å². The predicted octanol–water partition coefficient (Wildman–Crippen LogP) is 2.01. The van der Waals surface area contributed by atoms with Crippen molar-refractivity contribution in [3.63, 3.8) is 0 Å². The Balaban J connectivity index is 1.88. The summed E-state index contributed by atoms with van der Waals surface area (Å²) in [5, 5.41) is 0. The molecule has 0 unspecified atom stereocenters. The largest absolute Gasteiger partial charge is 0.480 e. The van der Waals surface area contributed by atoms with Gasteiger partial charge in [-0.3, -0.25) is 4.98 Å². The zero-order chi connectivity index (χ0) is 11.7. The van der Waals surface area contributed by atoms with Gasteiger partial charge in [0.1, 0.15) is 0 Å². The second-order valence-electron chi connectivity index (χ2n) is 4.04. The molecule has 4 nitrogen and oxygen atoms in total. The molecule has 86 valence electrons. The molecule has 0 atom stereocenters. The van der Waals surface area contributed by atoms with E-state index in [9.17, 15) is 0 Å². The lowest BCUT2D eigenvalue weighted by Gasteiger charge is -2.16. The van der Waals surface area contributed by atoms with Gasteiger partial charge >= 0.3 is 0 Å². The summed E-state index contributed by atoms with van der Waals surface area (Å²) in [7, 11) is 1.60. The third-order valence-electron chi connectivity index (χ3n) is 2.97. The number of ether oxygens (including phenoxy) is 1. The summed E-state index contributed by atoms with van der Waals surface area (Å²) in [5.74, 6) is 1.42. The molecule has 1 aliphatic heterocycles. The number of hydrogen-bond donors (Lipinski definition) is 0. The number of benzene rings is 1. The lowest BCUT2D eigenvalue weighted by molar-refractivity contribution is 0.395. The molecule has 0 spiro atoms. The van der Waals surface area contributed by atoms with Crippen molar-refractivity contribution in [2.24, 2.45) is 0 Å². The third kappa shape index (κ3) is 1.82. The van der Waals surface area contributed by atoms with Crippen LogP contribution in [0.2, 0.25) is 0 Å². The van der Waals surface area contributed by atoms with Crippen LogP contribution in [-0.4, -0.2) is 17.1 Å². The molecule has 0 saturated heterocycles. The normalized spacial score (nSPS) is 13.6. The Hall–Kier alpha value is -2.10. The molecule has 1 aromatic carbocycles. The zero-order valence-electron chi connectivity index (χ0n) is 9.63. The highest BCUT2D eigenvalue weighted by Crippen LogP contribution is 2.26. The van der Waals surface area contributed by atoms with Crippen molar-refractivity contribution < 1.29 is 4.74 Å². The van der Waals surface area contributed by atoms with E-state index in [0.29, 0.717) is 5.88 Å². The summed E-state index contributed by atoms with van der Waals surface area (Å²) >= 11 is 0. The molecule has 4 heteroatoms. The van der Waals surface area contributed by atoms with Crippen LogP contribution in [0.4, 0.5) is 5.82 Å². The first-order valence-electron chi connectivity index (χ1n) is 5.54. The minimum atomic E-state index is 0.554. The molecule has 1 aromatic heterocycles. The molecule has 1 aliphatic rings. The summed E-state index contributed by atoms with van der Waals surface area (Å²) in [6.07, 6.45) is 3.39. The second kappa shape index (κ2) is 4.05. The molecule has 0 aliphatic carbocycles. The Morgan fingerprint density at radius 3 is 2.47 bits per heavy atom. The van der Waals surface area contributed by atoms with Crippen LogP contribution in [-0.2, 0) is 13.1 Å². The summed E-state index contributed by atoms with van der Waals surface area (Å²) in [4.78, 5) is 10.7. The van der Waals surface area contributed by atoms with Gasteiger partial charge in [-0.25, -0.2) is 0 Å². The Morgan fingerprint density at radius 2 is 1.82 bits per heavy atom. The number of aromatic nitrogens is 2. The Kier molecular flexibility index (Phi) is 2.40. The van der Waals surface area contributed by atoms with Crippen molar-refractivity contribution in [2.75, 3.05) is 12.0 Å². The van der Waals surface area contributed by atoms with Crippen LogP contribution in [0.25, 0.3) is 0 Å². The fourth-order valence-corrected chi connectivity index (χ4v) is 2.08. The van der Waals surface area contributed by atoms with Crippen LogP contribution >= 0.6 is 0 Å². The van der Waals surface area contributed by atoms with Gasteiger partial charge in [0.15, 0.2) is 5.82 Å². The second-order valence-corrected chi connectivity index (χ2v) is 4.04. The van der Waals surface area contributed by atoms with Gasteiger partial charge < -0.3 is 9.64 Å². The SMILES string of the molecule is COc1cncc(N2Cc3ccccc3C2)n1. The highest BCUT2D eigenvalue weighted by atomic mass is 16.5. The Labute approximate surface area is 99.9 Å². The van der Waals surface area contributed by atoms with Gasteiger partial charge in [0.2, 0.25) is 5.88 Å². The van der Waals surface area contributed by atoms with Crippen molar-refractivity contribution in [2.45, 2.75) is 13.1 Å². The van der Waals surface area contributed by atoms with E-state index in [2.05, 4.69) is 39.1 Å². The minimum absolute atomic E-state index is 0.554. The van der Waals surface area contributed by atoms with Crippen molar-refractivity contribution >= 4 is 5.82 Å². The topological polar surface area (TPSA) is 38.2 Å². The molecular formula is C13H13N3O. The van der Waals surface area contributed by atoms with E-state index >= 15 is 0 Å². The van der Waals surface area contributed by atoms with Crippen LogP contribution in [0.15, 0.2) is 36.7 Å². The average Bonchev–Trinajstić information content (AvgIpc) is 2.82. The van der Waals surface area contributed by atoms with Gasteiger partial charge in [-0.1, -0.05) is 24.3 Å². The summed E-state index contributed by atoms with van der Waals surface area (Å²) in [6.45, 7) is 1.77. The number of rotatable bonds is 2. The lowest BCUT2D eigenvalue weighted by Crippen LogP contribution is -2.16. The van der Waals surface area contributed by atoms with Crippen LogP contribution < -0.4 is 9.64 Å². The van der Waals surface area contributed by atoms with Crippen molar-refractivity contribution in [3.05, 3.63) is 47.8 Å². The van der Waals surface area contributed by atoms with Crippen LogP contribution in [0.1, 0.15) is 11.1 Å². The Bertz CT molecular complexity index is 517. The molecule has 0 fully saturated rings. The molecule has 0 radical (unpaired) electrons. The van der Waals surface area contributed by atoms with E-state index < -0.39 is 0 Å². The monoisotopic (exact) mass is 227 g/mol.